The van der Waals surface area contributed by atoms with Crippen molar-refractivity contribution in [1.29, 1.82) is 4.78 Å². The standard InChI is InChI=1S/C23H27F2N3O3S/c1-14(2)32(26,30)16-4-5-20(31-15-6-9-23(24,25)10-7-15)18(12-16)19-13-28(3)22(29)21-17(19)8-11-27-21/h4-5,8,11-15,26-27H,6-7,9-10H2,1-3H3. The summed E-state index contributed by atoms with van der Waals surface area (Å²) in [7, 11) is -1.42. The summed E-state index contributed by atoms with van der Waals surface area (Å²) in [5, 5.41) is 0.279. The van der Waals surface area contributed by atoms with Gasteiger partial charge in [-0.15, -0.1) is 0 Å². The quantitative estimate of drug-likeness (QED) is 0.538. The van der Waals surface area contributed by atoms with Crippen molar-refractivity contribution >= 4 is 20.6 Å². The number of pyridine rings is 1. The summed E-state index contributed by atoms with van der Waals surface area (Å²) >= 11 is 0. The van der Waals surface area contributed by atoms with Gasteiger partial charge < -0.3 is 14.3 Å². The van der Waals surface area contributed by atoms with Crippen LogP contribution in [0.15, 0.2) is 46.3 Å². The van der Waals surface area contributed by atoms with E-state index in [-0.39, 0.29) is 37.3 Å². The van der Waals surface area contributed by atoms with Crippen LogP contribution in [-0.4, -0.2) is 31.0 Å². The molecule has 4 rings (SSSR count). The number of H-pyrrole nitrogens is 1. The fourth-order valence-corrected chi connectivity index (χ4v) is 5.19. The Hall–Kier alpha value is -2.68. The summed E-state index contributed by atoms with van der Waals surface area (Å²) in [6.45, 7) is 3.47. The smallest absolute Gasteiger partial charge is 0.274 e. The summed E-state index contributed by atoms with van der Waals surface area (Å²) in [5.41, 5.74) is 1.50. The molecule has 1 fully saturated rings. The Morgan fingerprint density at radius 1 is 1.22 bits per heavy atom. The molecule has 0 bridgehead atoms. The number of nitrogens with zero attached hydrogens (tertiary/aromatic N) is 1. The van der Waals surface area contributed by atoms with Crippen LogP contribution in [-0.2, 0) is 16.8 Å². The minimum atomic E-state index is -3.06. The third-order valence-corrected chi connectivity index (χ3v) is 8.39. The Balaban J connectivity index is 1.86. The number of aryl methyl sites for hydroxylation is 1. The number of halogens is 2. The van der Waals surface area contributed by atoms with Crippen LogP contribution >= 0.6 is 0 Å². The first-order chi connectivity index (χ1) is 15.0. The summed E-state index contributed by atoms with van der Waals surface area (Å²) in [6.07, 6.45) is 3.02. The number of rotatable bonds is 5. The molecule has 1 aliphatic carbocycles. The molecule has 1 aromatic carbocycles. The second kappa shape index (κ2) is 8.03. The van der Waals surface area contributed by atoms with Gasteiger partial charge in [-0.3, -0.25) is 4.79 Å². The average Bonchev–Trinajstić information content (AvgIpc) is 3.22. The van der Waals surface area contributed by atoms with Gasteiger partial charge >= 0.3 is 0 Å². The molecule has 6 nitrogen and oxygen atoms in total. The Labute approximate surface area is 185 Å². The maximum atomic E-state index is 13.6. The van der Waals surface area contributed by atoms with E-state index in [1.54, 1.807) is 57.6 Å². The van der Waals surface area contributed by atoms with Crippen molar-refractivity contribution in [2.75, 3.05) is 0 Å². The van der Waals surface area contributed by atoms with Crippen molar-refractivity contribution in [2.24, 2.45) is 7.05 Å². The van der Waals surface area contributed by atoms with Crippen molar-refractivity contribution in [3.05, 3.63) is 47.0 Å². The van der Waals surface area contributed by atoms with E-state index in [0.29, 0.717) is 32.7 Å². The lowest BCUT2D eigenvalue weighted by atomic mass is 9.94. The van der Waals surface area contributed by atoms with Crippen LogP contribution in [0.2, 0.25) is 0 Å². The highest BCUT2D eigenvalue weighted by Gasteiger charge is 2.36. The highest BCUT2D eigenvalue weighted by atomic mass is 32.2. The van der Waals surface area contributed by atoms with Gasteiger partial charge in [-0.1, -0.05) is 0 Å². The molecule has 2 N–H and O–H groups in total. The van der Waals surface area contributed by atoms with Crippen LogP contribution in [0.4, 0.5) is 8.78 Å². The lowest BCUT2D eigenvalue weighted by Gasteiger charge is -2.29. The molecular formula is C23H27F2N3O3S. The fourth-order valence-electron chi connectivity index (χ4n) is 4.08. The molecule has 3 aromatic rings. The van der Waals surface area contributed by atoms with Gasteiger partial charge in [-0.05, 0) is 51.0 Å². The molecular weight excluding hydrogens is 436 g/mol. The van der Waals surface area contributed by atoms with Crippen LogP contribution in [0, 0.1) is 4.78 Å². The molecule has 32 heavy (non-hydrogen) atoms. The summed E-state index contributed by atoms with van der Waals surface area (Å²) in [4.78, 5) is 15.8. The van der Waals surface area contributed by atoms with Crippen molar-refractivity contribution in [3.63, 3.8) is 0 Å². The molecule has 0 radical (unpaired) electrons. The second-order valence-electron chi connectivity index (χ2n) is 8.71. The summed E-state index contributed by atoms with van der Waals surface area (Å²) in [6, 6.07) is 6.73. The Morgan fingerprint density at radius 2 is 1.91 bits per heavy atom. The van der Waals surface area contributed by atoms with E-state index in [0.717, 1.165) is 0 Å². The van der Waals surface area contributed by atoms with E-state index in [1.807, 2.05) is 0 Å². The fraction of sp³-hybridized carbons (Fsp3) is 0.435. The molecule has 0 amide bonds. The first kappa shape index (κ1) is 22.5. The highest BCUT2D eigenvalue weighted by molar-refractivity contribution is 7.93. The van der Waals surface area contributed by atoms with Gasteiger partial charge in [0.15, 0.2) is 0 Å². The molecule has 172 valence electrons. The molecule has 1 saturated carbocycles. The zero-order chi connectivity index (χ0) is 23.3. The number of hydrogen-bond donors (Lipinski definition) is 2. The number of aromatic amines is 1. The van der Waals surface area contributed by atoms with Gasteiger partial charge in [0.05, 0.1) is 15.8 Å². The molecule has 9 heteroatoms. The van der Waals surface area contributed by atoms with E-state index >= 15 is 0 Å². The largest absolute Gasteiger partial charge is 0.490 e. The third kappa shape index (κ3) is 4.05. The average molecular weight is 464 g/mol. The van der Waals surface area contributed by atoms with E-state index in [4.69, 9.17) is 9.52 Å². The van der Waals surface area contributed by atoms with Crippen LogP contribution in [0.5, 0.6) is 5.75 Å². The number of hydrogen-bond acceptors (Lipinski definition) is 4. The molecule has 2 heterocycles. The van der Waals surface area contributed by atoms with Gasteiger partial charge in [0.2, 0.25) is 5.92 Å². The normalized spacial score (nSPS) is 18.7. The van der Waals surface area contributed by atoms with Gasteiger partial charge in [0.25, 0.3) is 5.56 Å². The second-order valence-corrected chi connectivity index (χ2v) is 11.3. The first-order valence-corrected chi connectivity index (χ1v) is 12.2. The van der Waals surface area contributed by atoms with Crippen molar-refractivity contribution in [3.8, 4) is 16.9 Å². The molecule has 1 aliphatic rings. The van der Waals surface area contributed by atoms with Crippen LogP contribution in [0.1, 0.15) is 39.5 Å². The van der Waals surface area contributed by atoms with E-state index in [2.05, 4.69) is 4.98 Å². The lowest BCUT2D eigenvalue weighted by Crippen LogP contribution is -2.30. The number of nitrogens with one attached hydrogen (secondary N) is 2. The molecule has 1 unspecified atom stereocenters. The topological polar surface area (TPSA) is 87.9 Å². The minimum Gasteiger partial charge on any atom is -0.490 e. The highest BCUT2D eigenvalue weighted by Crippen LogP contribution is 2.40. The summed E-state index contributed by atoms with van der Waals surface area (Å²) in [5.74, 6) is -2.20. The Bertz CT molecular complexity index is 1320. The molecule has 1 atom stereocenters. The van der Waals surface area contributed by atoms with Crippen LogP contribution in [0.3, 0.4) is 0 Å². The van der Waals surface area contributed by atoms with E-state index < -0.39 is 20.9 Å². The minimum absolute atomic E-state index is 0.187. The van der Waals surface area contributed by atoms with E-state index in [1.165, 1.54) is 4.57 Å². The first-order valence-electron chi connectivity index (χ1n) is 10.6. The van der Waals surface area contributed by atoms with Gasteiger partial charge in [0.1, 0.15) is 11.3 Å². The number of fused-ring (bicyclic) bond motifs is 1. The van der Waals surface area contributed by atoms with Crippen molar-refractivity contribution in [2.45, 2.75) is 61.7 Å². The number of ether oxygens (including phenoxy) is 1. The third-order valence-electron chi connectivity index (χ3n) is 6.11. The number of aromatic nitrogens is 2. The van der Waals surface area contributed by atoms with Gasteiger partial charge in [0, 0.05) is 58.9 Å². The number of alkyl halides is 2. The van der Waals surface area contributed by atoms with Gasteiger partial charge in [-0.2, -0.15) is 0 Å². The van der Waals surface area contributed by atoms with Gasteiger partial charge in [-0.25, -0.2) is 17.8 Å². The zero-order valence-corrected chi connectivity index (χ0v) is 19.1. The lowest BCUT2D eigenvalue weighted by molar-refractivity contribution is -0.0581. The maximum absolute atomic E-state index is 13.6. The number of benzene rings is 1. The van der Waals surface area contributed by atoms with Crippen LogP contribution in [0.25, 0.3) is 22.0 Å². The van der Waals surface area contributed by atoms with E-state index in [9.17, 15) is 17.8 Å². The maximum Gasteiger partial charge on any atom is 0.274 e. The molecule has 0 aliphatic heterocycles. The monoisotopic (exact) mass is 463 g/mol. The van der Waals surface area contributed by atoms with Crippen molar-refractivity contribution in [1.82, 2.24) is 9.55 Å². The molecule has 2 aromatic heterocycles. The molecule has 0 saturated heterocycles. The summed E-state index contributed by atoms with van der Waals surface area (Å²) < 4.78 is 56.3. The SMILES string of the molecule is CC(C)S(=N)(=O)c1ccc(OC2CCC(F)(F)CC2)c(-c2cn(C)c(=O)c3[nH]ccc23)c1. The Kier molecular flexibility index (Phi) is 5.65. The Morgan fingerprint density at radius 3 is 2.56 bits per heavy atom. The molecule has 0 spiro atoms. The van der Waals surface area contributed by atoms with Crippen molar-refractivity contribution < 1.29 is 17.7 Å². The predicted octanol–water partition coefficient (Wildman–Crippen LogP) is 5.30. The zero-order valence-electron chi connectivity index (χ0n) is 18.3. The van der Waals surface area contributed by atoms with Crippen LogP contribution < -0.4 is 10.3 Å². The predicted molar refractivity (Wildman–Crippen MR) is 121 cm³/mol.